The highest BCUT2D eigenvalue weighted by atomic mass is 14.0. The third-order valence-electron chi connectivity index (χ3n) is 4.52. The van der Waals surface area contributed by atoms with E-state index in [1.807, 2.05) is 12.2 Å². The monoisotopic (exact) mass is 342 g/mol. The third-order valence-corrected chi connectivity index (χ3v) is 4.52. The van der Waals surface area contributed by atoms with Gasteiger partial charge < -0.3 is 0 Å². The zero-order chi connectivity index (χ0) is 18.5. The molecule has 0 spiro atoms. The first-order valence-electron chi connectivity index (χ1n) is 9.73. The molecule has 0 bridgehead atoms. The number of hydrogen-bond donors (Lipinski definition) is 0. The molecular formula is C26H30. The van der Waals surface area contributed by atoms with E-state index in [4.69, 9.17) is 0 Å². The molecule has 2 aromatic rings. The maximum absolute atomic E-state index is 3.77. The fourth-order valence-corrected chi connectivity index (χ4v) is 2.89. The highest BCUT2D eigenvalue weighted by Crippen LogP contribution is 2.11. The van der Waals surface area contributed by atoms with Crippen LogP contribution in [0.25, 0.3) is 0 Å². The van der Waals surface area contributed by atoms with Crippen LogP contribution in [-0.4, -0.2) is 0 Å². The van der Waals surface area contributed by atoms with Gasteiger partial charge in [-0.2, -0.15) is 0 Å². The molecule has 0 N–H and O–H groups in total. The number of aryl methyl sites for hydroxylation is 2. The predicted molar refractivity (Wildman–Crippen MR) is 114 cm³/mol. The molecule has 2 rings (SSSR count). The summed E-state index contributed by atoms with van der Waals surface area (Å²) in [5, 5.41) is 0. The van der Waals surface area contributed by atoms with E-state index in [0.29, 0.717) is 0 Å². The molecular weight excluding hydrogens is 312 g/mol. The van der Waals surface area contributed by atoms with Crippen LogP contribution in [0.2, 0.25) is 0 Å². The number of benzene rings is 2. The molecule has 0 heteroatoms. The van der Waals surface area contributed by atoms with E-state index in [0.717, 1.165) is 36.8 Å². The first-order chi connectivity index (χ1) is 12.8. The highest BCUT2D eigenvalue weighted by Gasteiger charge is 1.95. The van der Waals surface area contributed by atoms with Gasteiger partial charge >= 0.3 is 0 Å². The van der Waals surface area contributed by atoms with Crippen molar-refractivity contribution in [1.82, 2.24) is 0 Å². The summed E-state index contributed by atoms with van der Waals surface area (Å²) in [6, 6.07) is 17.2. The Morgan fingerprint density at radius 2 is 1.08 bits per heavy atom. The molecule has 0 aromatic heterocycles. The quantitative estimate of drug-likeness (QED) is 0.251. The Labute approximate surface area is 159 Å². The summed E-state index contributed by atoms with van der Waals surface area (Å²) in [7, 11) is 0. The van der Waals surface area contributed by atoms with Crippen LogP contribution >= 0.6 is 0 Å². The van der Waals surface area contributed by atoms with Gasteiger partial charge in [-0.1, -0.05) is 61.1 Å². The van der Waals surface area contributed by atoms with Gasteiger partial charge in [-0.3, -0.25) is 0 Å². The van der Waals surface area contributed by atoms with Crippen LogP contribution in [0.5, 0.6) is 0 Å². The minimum Gasteiger partial charge on any atom is -0.103 e. The minimum absolute atomic E-state index is 1.02. The Morgan fingerprint density at radius 1 is 0.577 bits per heavy atom. The smallest absolute Gasteiger partial charge is 0.0249 e. The summed E-state index contributed by atoms with van der Waals surface area (Å²) < 4.78 is 0. The summed E-state index contributed by atoms with van der Waals surface area (Å²) in [6.07, 6.45) is 13.5. The second-order valence-electron chi connectivity index (χ2n) is 6.71. The first kappa shape index (κ1) is 19.8. The molecule has 0 aliphatic carbocycles. The van der Waals surface area contributed by atoms with Gasteiger partial charge in [0.15, 0.2) is 0 Å². The largest absolute Gasteiger partial charge is 0.103 e. The van der Waals surface area contributed by atoms with Gasteiger partial charge in [0.1, 0.15) is 0 Å². The molecule has 134 valence electrons. The fourth-order valence-electron chi connectivity index (χ4n) is 2.89. The average molecular weight is 343 g/mol. The van der Waals surface area contributed by atoms with Crippen molar-refractivity contribution in [3.8, 4) is 11.8 Å². The topological polar surface area (TPSA) is 0 Å². The zero-order valence-corrected chi connectivity index (χ0v) is 15.8. The summed E-state index contributed by atoms with van der Waals surface area (Å²) >= 11 is 0. The Kier molecular flexibility index (Phi) is 9.09. The molecule has 2 aromatic carbocycles. The second kappa shape index (κ2) is 11.9. The van der Waals surface area contributed by atoms with Crippen molar-refractivity contribution in [2.45, 2.75) is 51.4 Å². The number of unbranched alkanes of at least 4 members (excludes halogenated alkanes) is 4. The lowest BCUT2D eigenvalue weighted by atomic mass is 10.0. The fraction of sp³-hybridized carbons (Fsp3) is 0.308. The van der Waals surface area contributed by atoms with Crippen LogP contribution in [0.15, 0.2) is 73.8 Å². The molecule has 0 nitrogen and oxygen atoms in total. The summed E-state index contributed by atoms with van der Waals surface area (Å²) in [6.45, 7) is 7.54. The molecule has 0 atom stereocenters. The van der Waals surface area contributed by atoms with E-state index in [9.17, 15) is 0 Å². The Hall–Kier alpha value is -2.52. The molecule has 0 heterocycles. The van der Waals surface area contributed by atoms with Gasteiger partial charge in [-0.05, 0) is 73.9 Å². The number of hydrogen-bond acceptors (Lipinski definition) is 0. The van der Waals surface area contributed by atoms with Crippen LogP contribution in [0.4, 0.5) is 0 Å². The Morgan fingerprint density at radius 3 is 1.62 bits per heavy atom. The molecule has 0 saturated heterocycles. The Bertz CT molecular complexity index is 720. The van der Waals surface area contributed by atoms with Crippen LogP contribution < -0.4 is 0 Å². The predicted octanol–water partition coefficient (Wildman–Crippen LogP) is 6.88. The van der Waals surface area contributed by atoms with E-state index < -0.39 is 0 Å². The van der Waals surface area contributed by atoms with Gasteiger partial charge in [0, 0.05) is 11.1 Å². The van der Waals surface area contributed by atoms with Crippen LogP contribution in [0.1, 0.15) is 60.8 Å². The van der Waals surface area contributed by atoms with E-state index in [1.165, 1.54) is 36.8 Å². The number of rotatable bonds is 10. The summed E-state index contributed by atoms with van der Waals surface area (Å²) in [4.78, 5) is 0. The van der Waals surface area contributed by atoms with Crippen molar-refractivity contribution in [3.63, 3.8) is 0 Å². The average Bonchev–Trinajstić information content (AvgIpc) is 2.69. The lowest BCUT2D eigenvalue weighted by Gasteiger charge is -2.02. The summed E-state index contributed by atoms with van der Waals surface area (Å²) in [5.41, 5.74) is 4.89. The van der Waals surface area contributed by atoms with Crippen molar-refractivity contribution < 1.29 is 0 Å². The second-order valence-corrected chi connectivity index (χ2v) is 6.71. The molecule has 0 radical (unpaired) electrons. The third kappa shape index (κ3) is 7.58. The van der Waals surface area contributed by atoms with Crippen molar-refractivity contribution >= 4 is 0 Å². The first-order valence-corrected chi connectivity index (χ1v) is 9.73. The van der Waals surface area contributed by atoms with Gasteiger partial charge in [-0.15, -0.1) is 13.2 Å². The maximum Gasteiger partial charge on any atom is 0.0249 e. The standard InChI is InChI=1S/C26H30/c1-3-5-7-8-9-10-12-24-15-19-26(20-16-24)22-21-25-17-13-23(14-18-25)11-6-4-2/h3-4,13-20H,1-2,5-12H2. The van der Waals surface area contributed by atoms with Gasteiger partial charge in [-0.25, -0.2) is 0 Å². The lowest BCUT2D eigenvalue weighted by Crippen LogP contribution is -1.87. The Balaban J connectivity index is 1.80. The maximum atomic E-state index is 3.77. The minimum atomic E-state index is 1.02. The van der Waals surface area contributed by atoms with Gasteiger partial charge in [0.2, 0.25) is 0 Å². The van der Waals surface area contributed by atoms with Crippen molar-refractivity contribution in [1.29, 1.82) is 0 Å². The van der Waals surface area contributed by atoms with Crippen LogP contribution in [0, 0.1) is 11.8 Å². The molecule has 0 aliphatic heterocycles. The molecule has 0 fully saturated rings. The van der Waals surface area contributed by atoms with Crippen molar-refractivity contribution in [3.05, 3.63) is 96.1 Å². The van der Waals surface area contributed by atoms with Crippen LogP contribution in [-0.2, 0) is 12.8 Å². The summed E-state index contributed by atoms with van der Waals surface area (Å²) in [5.74, 6) is 6.52. The van der Waals surface area contributed by atoms with Gasteiger partial charge in [0.05, 0.1) is 0 Å². The molecule has 0 unspecified atom stereocenters. The van der Waals surface area contributed by atoms with E-state index in [-0.39, 0.29) is 0 Å². The van der Waals surface area contributed by atoms with Crippen molar-refractivity contribution in [2.24, 2.45) is 0 Å². The van der Waals surface area contributed by atoms with Crippen molar-refractivity contribution in [2.75, 3.05) is 0 Å². The SMILES string of the molecule is C=CCCCCCCc1ccc(C#Cc2ccc(CCC=C)cc2)cc1. The normalized spacial score (nSPS) is 10.0. The number of allylic oxidation sites excluding steroid dienone is 2. The lowest BCUT2D eigenvalue weighted by molar-refractivity contribution is 0.646. The highest BCUT2D eigenvalue weighted by molar-refractivity contribution is 5.44. The van der Waals surface area contributed by atoms with Crippen LogP contribution in [0.3, 0.4) is 0 Å². The van der Waals surface area contributed by atoms with Gasteiger partial charge in [0.25, 0.3) is 0 Å². The molecule has 0 amide bonds. The van der Waals surface area contributed by atoms with E-state index in [2.05, 4.69) is 73.5 Å². The van der Waals surface area contributed by atoms with E-state index >= 15 is 0 Å². The molecule has 0 saturated carbocycles. The molecule has 0 aliphatic rings. The molecule has 26 heavy (non-hydrogen) atoms. The van der Waals surface area contributed by atoms with E-state index in [1.54, 1.807) is 0 Å². The zero-order valence-electron chi connectivity index (χ0n) is 15.8.